The van der Waals surface area contributed by atoms with Crippen LogP contribution in [0.15, 0.2) is 29.3 Å². The van der Waals surface area contributed by atoms with Gasteiger partial charge in [0.05, 0.1) is 6.54 Å². The van der Waals surface area contributed by atoms with Gasteiger partial charge >= 0.3 is 0 Å². The summed E-state index contributed by atoms with van der Waals surface area (Å²) >= 11 is 6.20. The number of nitrogens with one attached hydrogen (secondary N) is 2. The molecule has 29 heavy (non-hydrogen) atoms. The van der Waals surface area contributed by atoms with E-state index in [-0.39, 0.29) is 29.4 Å². The van der Waals surface area contributed by atoms with Crippen LogP contribution in [0.2, 0.25) is 5.02 Å². The standard InChI is InChI=1S/C22H36ClN5.HI/c1-4-24-21(25-16-18(3)28-13-11-27(5-2)12-14-28)26-17-22(9-10-22)19-7-6-8-20(23)15-19;/h6-8,15,18H,4-5,9-14,16-17H2,1-3H3,(H2,24,25,26);1H. The molecule has 2 N–H and O–H groups in total. The van der Waals surface area contributed by atoms with Crippen molar-refractivity contribution in [2.75, 3.05) is 52.4 Å². The third kappa shape index (κ3) is 6.97. The molecule has 1 aromatic carbocycles. The molecule has 1 aliphatic carbocycles. The molecule has 2 aliphatic rings. The van der Waals surface area contributed by atoms with Crippen LogP contribution in [0.4, 0.5) is 0 Å². The van der Waals surface area contributed by atoms with Gasteiger partial charge in [0.25, 0.3) is 0 Å². The van der Waals surface area contributed by atoms with Crippen LogP contribution in [0, 0.1) is 0 Å². The number of benzene rings is 1. The van der Waals surface area contributed by atoms with Gasteiger partial charge in [-0.2, -0.15) is 0 Å². The Balaban J connectivity index is 0.00000300. The van der Waals surface area contributed by atoms with Crippen molar-refractivity contribution in [3.63, 3.8) is 0 Å². The van der Waals surface area contributed by atoms with Gasteiger partial charge in [-0.15, -0.1) is 24.0 Å². The Hall–Kier alpha value is -0.570. The Morgan fingerprint density at radius 2 is 1.90 bits per heavy atom. The Labute approximate surface area is 198 Å². The van der Waals surface area contributed by atoms with Crippen molar-refractivity contribution in [3.05, 3.63) is 34.9 Å². The SMILES string of the molecule is CCNC(=NCC1(c2cccc(Cl)c2)CC1)NCC(C)N1CCN(CC)CC1.I. The lowest BCUT2D eigenvalue weighted by Gasteiger charge is -2.37. The summed E-state index contributed by atoms with van der Waals surface area (Å²) in [7, 11) is 0. The van der Waals surface area contributed by atoms with Crippen molar-refractivity contribution in [2.45, 2.75) is 45.1 Å². The van der Waals surface area contributed by atoms with Crippen molar-refractivity contribution in [2.24, 2.45) is 4.99 Å². The van der Waals surface area contributed by atoms with E-state index < -0.39 is 0 Å². The Morgan fingerprint density at radius 3 is 2.48 bits per heavy atom. The van der Waals surface area contributed by atoms with Gasteiger partial charge in [0.2, 0.25) is 0 Å². The second-order valence-electron chi connectivity index (χ2n) is 8.19. The number of piperazine rings is 1. The van der Waals surface area contributed by atoms with E-state index in [2.05, 4.69) is 53.3 Å². The first-order chi connectivity index (χ1) is 13.6. The number of nitrogens with zero attached hydrogens (tertiary/aromatic N) is 3. The highest BCUT2D eigenvalue weighted by molar-refractivity contribution is 14.0. The maximum Gasteiger partial charge on any atom is 0.191 e. The Bertz CT molecular complexity index is 656. The molecule has 1 saturated heterocycles. The maximum absolute atomic E-state index is 6.20. The van der Waals surface area contributed by atoms with E-state index in [1.54, 1.807) is 0 Å². The van der Waals surface area contributed by atoms with Crippen LogP contribution in [0.5, 0.6) is 0 Å². The van der Waals surface area contributed by atoms with Gasteiger partial charge in [-0.25, -0.2) is 0 Å². The average molecular weight is 534 g/mol. The summed E-state index contributed by atoms with van der Waals surface area (Å²) < 4.78 is 0. The summed E-state index contributed by atoms with van der Waals surface area (Å²) in [5.41, 5.74) is 1.50. The minimum Gasteiger partial charge on any atom is -0.357 e. The lowest BCUT2D eigenvalue weighted by molar-refractivity contribution is 0.107. The monoisotopic (exact) mass is 533 g/mol. The van der Waals surface area contributed by atoms with E-state index >= 15 is 0 Å². The highest BCUT2D eigenvalue weighted by atomic mass is 127. The normalized spacial score (nSPS) is 20.6. The van der Waals surface area contributed by atoms with Crippen LogP contribution >= 0.6 is 35.6 Å². The van der Waals surface area contributed by atoms with Crippen LogP contribution in [-0.2, 0) is 5.41 Å². The van der Waals surface area contributed by atoms with E-state index in [4.69, 9.17) is 16.6 Å². The molecule has 164 valence electrons. The molecule has 0 amide bonds. The second-order valence-corrected chi connectivity index (χ2v) is 8.62. The number of guanidine groups is 1. The Morgan fingerprint density at radius 1 is 1.17 bits per heavy atom. The van der Waals surface area contributed by atoms with Crippen LogP contribution < -0.4 is 10.6 Å². The van der Waals surface area contributed by atoms with E-state index in [9.17, 15) is 0 Å². The fourth-order valence-corrected chi connectivity index (χ4v) is 4.16. The molecular weight excluding hydrogens is 497 g/mol. The minimum absolute atomic E-state index is 0. The molecular formula is C22H37ClIN5. The number of hydrogen-bond donors (Lipinski definition) is 2. The van der Waals surface area contributed by atoms with Gasteiger partial charge in [0, 0.05) is 55.7 Å². The maximum atomic E-state index is 6.20. The van der Waals surface area contributed by atoms with Crippen LogP contribution in [0.1, 0.15) is 39.2 Å². The smallest absolute Gasteiger partial charge is 0.191 e. The van der Waals surface area contributed by atoms with Crippen molar-refractivity contribution in [1.82, 2.24) is 20.4 Å². The van der Waals surface area contributed by atoms with Crippen molar-refractivity contribution >= 4 is 41.5 Å². The molecule has 0 spiro atoms. The summed E-state index contributed by atoms with van der Waals surface area (Å²) in [4.78, 5) is 10.0. The quantitative estimate of drug-likeness (QED) is 0.305. The molecule has 0 aromatic heterocycles. The largest absolute Gasteiger partial charge is 0.357 e. The van der Waals surface area contributed by atoms with Gasteiger partial charge in [-0.05, 0) is 50.9 Å². The molecule has 5 nitrogen and oxygen atoms in total. The molecule has 1 aliphatic heterocycles. The van der Waals surface area contributed by atoms with Gasteiger partial charge in [-0.1, -0.05) is 30.7 Å². The van der Waals surface area contributed by atoms with Gasteiger partial charge < -0.3 is 15.5 Å². The summed E-state index contributed by atoms with van der Waals surface area (Å²) in [5.74, 6) is 0.926. The predicted octanol–water partition coefficient (Wildman–Crippen LogP) is 3.57. The fraction of sp³-hybridized carbons (Fsp3) is 0.682. The first-order valence-electron chi connectivity index (χ1n) is 10.8. The van der Waals surface area contributed by atoms with Crippen LogP contribution in [0.3, 0.4) is 0 Å². The summed E-state index contributed by atoms with van der Waals surface area (Å²) in [6, 6.07) is 8.78. The van der Waals surface area contributed by atoms with E-state index in [1.807, 2.05) is 12.1 Å². The molecule has 1 aromatic rings. The van der Waals surface area contributed by atoms with Crippen molar-refractivity contribution in [1.29, 1.82) is 0 Å². The number of hydrogen-bond acceptors (Lipinski definition) is 3. The van der Waals surface area contributed by atoms with Crippen molar-refractivity contribution in [3.8, 4) is 0 Å². The molecule has 7 heteroatoms. The van der Waals surface area contributed by atoms with Gasteiger partial charge in [0.15, 0.2) is 5.96 Å². The molecule has 1 unspecified atom stereocenters. The zero-order chi connectivity index (χ0) is 20.0. The molecule has 3 rings (SSSR count). The highest BCUT2D eigenvalue weighted by Crippen LogP contribution is 2.48. The second kappa shape index (κ2) is 11.7. The van der Waals surface area contributed by atoms with Crippen LogP contribution in [-0.4, -0.2) is 74.2 Å². The zero-order valence-corrected chi connectivity index (χ0v) is 21.2. The van der Waals surface area contributed by atoms with E-state index in [0.29, 0.717) is 6.04 Å². The predicted molar refractivity (Wildman–Crippen MR) is 135 cm³/mol. The van der Waals surface area contributed by atoms with Crippen LogP contribution in [0.25, 0.3) is 0 Å². The van der Waals surface area contributed by atoms with Gasteiger partial charge in [-0.3, -0.25) is 9.89 Å². The zero-order valence-electron chi connectivity index (χ0n) is 18.1. The number of rotatable bonds is 8. The highest BCUT2D eigenvalue weighted by Gasteiger charge is 2.44. The molecule has 1 atom stereocenters. The molecule has 0 radical (unpaired) electrons. The average Bonchev–Trinajstić information content (AvgIpc) is 3.51. The fourth-order valence-electron chi connectivity index (χ4n) is 3.97. The van der Waals surface area contributed by atoms with E-state index in [0.717, 1.165) is 50.3 Å². The summed E-state index contributed by atoms with van der Waals surface area (Å²) in [6.45, 7) is 15.1. The number of aliphatic imine (C=N–C) groups is 1. The number of halogens is 2. The number of likely N-dealkylation sites (N-methyl/N-ethyl adjacent to an activating group) is 1. The minimum atomic E-state index is 0. The first kappa shape index (κ1) is 24.7. The molecule has 1 heterocycles. The summed E-state index contributed by atoms with van der Waals surface area (Å²) in [6.07, 6.45) is 2.38. The third-order valence-electron chi connectivity index (χ3n) is 6.22. The molecule has 1 saturated carbocycles. The molecule has 0 bridgehead atoms. The topological polar surface area (TPSA) is 42.9 Å². The van der Waals surface area contributed by atoms with Crippen molar-refractivity contribution < 1.29 is 0 Å². The van der Waals surface area contributed by atoms with Gasteiger partial charge in [0.1, 0.15) is 0 Å². The Kier molecular flexibility index (Phi) is 9.98. The lowest BCUT2D eigenvalue weighted by Crippen LogP contribution is -2.53. The first-order valence-corrected chi connectivity index (χ1v) is 11.2. The lowest BCUT2D eigenvalue weighted by atomic mass is 9.96. The third-order valence-corrected chi connectivity index (χ3v) is 6.45. The molecule has 2 fully saturated rings. The van der Waals surface area contributed by atoms with E-state index in [1.165, 1.54) is 31.5 Å². The summed E-state index contributed by atoms with van der Waals surface area (Å²) in [5, 5.41) is 7.78.